The van der Waals surface area contributed by atoms with E-state index in [1.165, 1.54) is 42.4 Å². The fourth-order valence-corrected chi connectivity index (χ4v) is 4.11. The summed E-state index contributed by atoms with van der Waals surface area (Å²) in [5.41, 5.74) is -0.00171. The number of ketones is 1. The predicted octanol–water partition coefficient (Wildman–Crippen LogP) is 7.61. The molecule has 0 bridgehead atoms. The van der Waals surface area contributed by atoms with Crippen LogP contribution in [0.15, 0.2) is 54.9 Å². The van der Waals surface area contributed by atoms with E-state index in [1.54, 1.807) is 6.07 Å². The van der Waals surface area contributed by atoms with E-state index < -0.39 is 23.7 Å². The van der Waals surface area contributed by atoms with Gasteiger partial charge >= 0.3 is 6.18 Å². The summed E-state index contributed by atoms with van der Waals surface area (Å²) in [5.74, 6) is -3.74. The van der Waals surface area contributed by atoms with Gasteiger partial charge in [-0.25, -0.2) is 14.4 Å². The Balaban J connectivity index is 1.90. The number of halogens is 7. The number of nitriles is 1. The maximum Gasteiger partial charge on any atom is 0.399 e. The van der Waals surface area contributed by atoms with Gasteiger partial charge in [-0.05, 0) is 48.4 Å². The Bertz CT molecular complexity index is 1350. The standard InChI is InChI=1S/C25H17Cl3F4N4O/c1-14-9-15(3-4-17(14)22(37)13-36(8-5-33)24-34-6-2-7-35-24)21(29)12-18(25(30,31)32)16-10-19(26)23(28)20(27)11-16/h2-4,6-7,9-12,18H,8,13H2,1H3/b21-12-. The van der Waals surface area contributed by atoms with Crippen molar-refractivity contribution in [3.05, 3.63) is 92.2 Å². The van der Waals surface area contributed by atoms with Crippen molar-refractivity contribution in [3.8, 4) is 6.07 Å². The van der Waals surface area contributed by atoms with Gasteiger partial charge in [0.1, 0.15) is 18.3 Å². The smallest absolute Gasteiger partial charge is 0.320 e. The van der Waals surface area contributed by atoms with Crippen LogP contribution in [0, 0.1) is 18.3 Å². The molecule has 1 atom stereocenters. The van der Waals surface area contributed by atoms with Gasteiger partial charge in [0.05, 0.1) is 27.7 Å². The SMILES string of the molecule is Cc1cc(/C(F)=C/C(c2cc(Cl)c(Cl)c(Cl)c2)C(F)(F)F)ccc1C(=O)CN(CC#N)c1ncccn1. The molecule has 1 unspecified atom stereocenters. The number of aromatic nitrogens is 2. The minimum Gasteiger partial charge on any atom is -0.320 e. The molecule has 0 aliphatic heterocycles. The number of nitrogens with zero attached hydrogens (tertiary/aromatic N) is 4. The number of benzene rings is 2. The monoisotopic (exact) mass is 570 g/mol. The van der Waals surface area contributed by atoms with Gasteiger partial charge in [0, 0.05) is 23.5 Å². The van der Waals surface area contributed by atoms with Gasteiger partial charge in [0.2, 0.25) is 5.95 Å². The number of carbonyl (C=O) groups is 1. The zero-order valence-corrected chi connectivity index (χ0v) is 21.3. The van der Waals surface area contributed by atoms with Crippen molar-refractivity contribution in [2.75, 3.05) is 18.0 Å². The first-order valence-corrected chi connectivity index (χ1v) is 11.7. The van der Waals surface area contributed by atoms with E-state index in [4.69, 9.17) is 40.1 Å². The van der Waals surface area contributed by atoms with Gasteiger partial charge in [-0.15, -0.1) is 0 Å². The highest BCUT2D eigenvalue weighted by Crippen LogP contribution is 2.42. The molecule has 0 fully saturated rings. The van der Waals surface area contributed by atoms with Crippen LogP contribution < -0.4 is 4.90 Å². The molecule has 0 aliphatic carbocycles. The number of alkyl halides is 3. The lowest BCUT2D eigenvalue weighted by Crippen LogP contribution is -2.32. The minimum atomic E-state index is -4.85. The number of Topliss-reactive ketones (excluding diaryl/α,β-unsaturated/α-hetero) is 1. The number of carbonyl (C=O) groups excluding carboxylic acids is 1. The molecule has 0 saturated carbocycles. The first-order valence-electron chi connectivity index (χ1n) is 10.5. The summed E-state index contributed by atoms with van der Waals surface area (Å²) in [6.45, 7) is 1.14. The number of rotatable bonds is 8. The molecule has 5 nitrogen and oxygen atoms in total. The van der Waals surface area contributed by atoms with Gasteiger partial charge < -0.3 is 4.90 Å². The molecular weight excluding hydrogens is 555 g/mol. The van der Waals surface area contributed by atoms with Crippen LogP contribution in [-0.4, -0.2) is 35.0 Å². The summed E-state index contributed by atoms with van der Waals surface area (Å²) in [6.07, 6.45) is -1.51. The van der Waals surface area contributed by atoms with E-state index in [-0.39, 0.29) is 50.8 Å². The van der Waals surface area contributed by atoms with Crippen molar-refractivity contribution in [3.63, 3.8) is 0 Å². The lowest BCUT2D eigenvalue weighted by Gasteiger charge is -2.19. The Kier molecular flexibility index (Phi) is 9.13. The van der Waals surface area contributed by atoms with Crippen molar-refractivity contribution < 1.29 is 22.4 Å². The molecule has 37 heavy (non-hydrogen) atoms. The molecule has 0 radical (unpaired) electrons. The molecule has 0 N–H and O–H groups in total. The van der Waals surface area contributed by atoms with Crippen molar-refractivity contribution in [1.29, 1.82) is 5.26 Å². The molecule has 192 valence electrons. The van der Waals surface area contributed by atoms with Crippen LogP contribution in [0.4, 0.5) is 23.5 Å². The van der Waals surface area contributed by atoms with Gasteiger partial charge in [0.15, 0.2) is 5.78 Å². The highest BCUT2D eigenvalue weighted by molar-refractivity contribution is 6.48. The van der Waals surface area contributed by atoms with Crippen LogP contribution in [0.1, 0.15) is 33.0 Å². The molecule has 2 aromatic carbocycles. The Labute approximate surface area is 224 Å². The molecule has 0 amide bonds. The van der Waals surface area contributed by atoms with Crippen molar-refractivity contribution in [2.45, 2.75) is 19.0 Å². The molecule has 0 aliphatic rings. The van der Waals surface area contributed by atoms with Gasteiger partial charge in [0.25, 0.3) is 0 Å². The predicted molar refractivity (Wildman–Crippen MR) is 135 cm³/mol. The number of anilines is 1. The molecule has 3 aromatic rings. The summed E-state index contributed by atoms with van der Waals surface area (Å²) in [6, 6.07) is 9.26. The molecular formula is C25H17Cl3F4N4O. The molecule has 1 heterocycles. The molecule has 3 rings (SSSR count). The van der Waals surface area contributed by atoms with Crippen LogP contribution in [0.5, 0.6) is 0 Å². The number of aryl methyl sites for hydroxylation is 1. The van der Waals surface area contributed by atoms with Crippen LogP contribution in [0.2, 0.25) is 15.1 Å². The fourth-order valence-electron chi connectivity index (χ4n) is 3.50. The first kappa shape index (κ1) is 28.4. The van der Waals surface area contributed by atoms with E-state index in [1.807, 2.05) is 6.07 Å². The average molecular weight is 572 g/mol. The van der Waals surface area contributed by atoms with Gasteiger partial charge in [-0.3, -0.25) is 4.79 Å². The Hall–Kier alpha value is -3.19. The summed E-state index contributed by atoms with van der Waals surface area (Å²) in [7, 11) is 0. The topological polar surface area (TPSA) is 69.9 Å². The Morgan fingerprint density at radius 2 is 1.76 bits per heavy atom. The summed E-state index contributed by atoms with van der Waals surface area (Å²) < 4.78 is 56.5. The van der Waals surface area contributed by atoms with Gasteiger partial charge in [-0.2, -0.15) is 18.4 Å². The lowest BCUT2D eigenvalue weighted by molar-refractivity contribution is -0.139. The molecule has 12 heteroatoms. The zero-order chi connectivity index (χ0) is 27.3. The molecule has 0 saturated heterocycles. The summed E-state index contributed by atoms with van der Waals surface area (Å²) in [4.78, 5) is 22.3. The second-order valence-corrected chi connectivity index (χ2v) is 9.04. The van der Waals surface area contributed by atoms with Crippen molar-refractivity contribution >= 4 is 52.4 Å². The van der Waals surface area contributed by atoms with Gasteiger partial charge in [-0.1, -0.05) is 46.9 Å². The highest BCUT2D eigenvalue weighted by atomic mass is 35.5. The minimum absolute atomic E-state index is 0.111. The Morgan fingerprint density at radius 1 is 1.14 bits per heavy atom. The number of allylic oxidation sites excluding steroid dienone is 1. The quantitative estimate of drug-likeness (QED) is 0.120. The first-order chi connectivity index (χ1) is 17.4. The second kappa shape index (κ2) is 11.9. The Morgan fingerprint density at radius 3 is 2.30 bits per heavy atom. The summed E-state index contributed by atoms with van der Waals surface area (Å²) >= 11 is 17.6. The number of hydrogen-bond donors (Lipinski definition) is 0. The third-order valence-electron chi connectivity index (χ3n) is 5.26. The van der Waals surface area contributed by atoms with Crippen LogP contribution in [0.25, 0.3) is 5.83 Å². The van der Waals surface area contributed by atoms with E-state index >= 15 is 4.39 Å². The van der Waals surface area contributed by atoms with Crippen LogP contribution >= 0.6 is 34.8 Å². The van der Waals surface area contributed by atoms with E-state index in [0.29, 0.717) is 11.6 Å². The van der Waals surface area contributed by atoms with E-state index in [9.17, 15) is 18.0 Å². The van der Waals surface area contributed by atoms with E-state index in [2.05, 4.69) is 9.97 Å². The normalized spacial score (nSPS) is 12.7. The largest absolute Gasteiger partial charge is 0.399 e. The van der Waals surface area contributed by atoms with Crippen LogP contribution in [0.3, 0.4) is 0 Å². The van der Waals surface area contributed by atoms with Crippen molar-refractivity contribution in [2.24, 2.45) is 0 Å². The third-order valence-corrected chi connectivity index (χ3v) is 6.46. The molecule has 1 aromatic heterocycles. The molecule has 0 spiro atoms. The second-order valence-electron chi connectivity index (χ2n) is 7.85. The average Bonchev–Trinajstić information content (AvgIpc) is 2.84. The maximum atomic E-state index is 15.0. The zero-order valence-electron chi connectivity index (χ0n) is 19.0. The van der Waals surface area contributed by atoms with Crippen molar-refractivity contribution in [1.82, 2.24) is 9.97 Å². The van der Waals surface area contributed by atoms with E-state index in [0.717, 1.165) is 12.1 Å². The number of hydrogen-bond acceptors (Lipinski definition) is 5. The highest BCUT2D eigenvalue weighted by Gasteiger charge is 2.40. The maximum absolute atomic E-state index is 15.0. The fraction of sp³-hybridized carbons (Fsp3) is 0.200. The lowest BCUT2D eigenvalue weighted by atomic mass is 9.95. The third kappa shape index (κ3) is 6.98. The van der Waals surface area contributed by atoms with Crippen LogP contribution in [-0.2, 0) is 0 Å². The summed E-state index contributed by atoms with van der Waals surface area (Å²) in [5, 5.41) is 8.58.